The van der Waals surface area contributed by atoms with Gasteiger partial charge < -0.3 is 19.7 Å². The van der Waals surface area contributed by atoms with Crippen LogP contribution in [0.4, 0.5) is 11.4 Å². The number of methoxy groups -OCH3 is 1. The Bertz CT molecular complexity index is 683. The van der Waals surface area contributed by atoms with Crippen molar-refractivity contribution in [3.8, 4) is 11.5 Å². The minimum atomic E-state index is -0.0740. The number of anilines is 2. The number of rotatable bonds is 3. The van der Waals surface area contributed by atoms with E-state index in [9.17, 15) is 4.79 Å². The maximum absolute atomic E-state index is 11.0. The molecule has 22 heavy (non-hydrogen) atoms. The molecule has 1 N–H and O–H groups in total. The molecule has 1 aliphatic heterocycles. The number of nitrogens with one attached hydrogen (secondary N) is 1. The lowest BCUT2D eigenvalue weighted by Crippen LogP contribution is -2.31. The molecule has 0 atom stereocenters. The van der Waals surface area contributed by atoms with E-state index in [2.05, 4.69) is 10.2 Å². The molecule has 0 saturated heterocycles. The number of hydrogen-bond acceptors (Lipinski definition) is 4. The summed E-state index contributed by atoms with van der Waals surface area (Å²) < 4.78 is 11.0. The standard InChI is InChI=1S/C17H18N2O3/c1-12(20)18-14-3-5-15(6-4-14)19-10-13-9-16(21-2)7-8-17(13)22-11-19/h3-9H,10-11H2,1-2H3,(H,18,20). The quantitative estimate of drug-likeness (QED) is 0.946. The normalized spacial score (nSPS) is 13.1. The summed E-state index contributed by atoms with van der Waals surface area (Å²) in [6.45, 7) is 2.75. The summed E-state index contributed by atoms with van der Waals surface area (Å²) in [5.74, 6) is 1.65. The molecule has 114 valence electrons. The van der Waals surface area contributed by atoms with Gasteiger partial charge in [-0.3, -0.25) is 4.79 Å². The smallest absolute Gasteiger partial charge is 0.221 e. The van der Waals surface area contributed by atoms with E-state index in [1.807, 2.05) is 42.5 Å². The molecule has 0 radical (unpaired) electrons. The van der Waals surface area contributed by atoms with Crippen molar-refractivity contribution in [1.29, 1.82) is 0 Å². The van der Waals surface area contributed by atoms with E-state index in [0.717, 1.165) is 35.0 Å². The van der Waals surface area contributed by atoms with Gasteiger partial charge in [-0.15, -0.1) is 0 Å². The highest BCUT2D eigenvalue weighted by Gasteiger charge is 2.18. The first kappa shape index (κ1) is 14.3. The summed E-state index contributed by atoms with van der Waals surface area (Å²) in [6.07, 6.45) is 0. The highest BCUT2D eigenvalue weighted by atomic mass is 16.5. The Morgan fingerprint density at radius 1 is 1.23 bits per heavy atom. The summed E-state index contributed by atoms with van der Waals surface area (Å²) in [7, 11) is 1.66. The molecule has 1 amide bonds. The summed E-state index contributed by atoms with van der Waals surface area (Å²) in [5.41, 5.74) is 2.93. The Hall–Kier alpha value is -2.69. The van der Waals surface area contributed by atoms with E-state index in [0.29, 0.717) is 6.73 Å². The number of amides is 1. The fourth-order valence-corrected chi connectivity index (χ4v) is 2.47. The van der Waals surface area contributed by atoms with Crippen LogP contribution < -0.4 is 19.7 Å². The van der Waals surface area contributed by atoms with E-state index >= 15 is 0 Å². The van der Waals surface area contributed by atoms with Gasteiger partial charge in [0.25, 0.3) is 0 Å². The monoisotopic (exact) mass is 298 g/mol. The van der Waals surface area contributed by atoms with Gasteiger partial charge in [0.05, 0.1) is 7.11 Å². The fraction of sp³-hybridized carbons (Fsp3) is 0.235. The Balaban J connectivity index is 1.77. The van der Waals surface area contributed by atoms with E-state index < -0.39 is 0 Å². The molecule has 0 fully saturated rings. The van der Waals surface area contributed by atoms with Crippen LogP contribution in [0.25, 0.3) is 0 Å². The van der Waals surface area contributed by atoms with E-state index in [1.165, 1.54) is 6.92 Å². The zero-order chi connectivity index (χ0) is 15.5. The van der Waals surface area contributed by atoms with Crippen LogP contribution in [0, 0.1) is 0 Å². The van der Waals surface area contributed by atoms with Crippen molar-refractivity contribution in [1.82, 2.24) is 0 Å². The van der Waals surface area contributed by atoms with Crippen molar-refractivity contribution in [2.24, 2.45) is 0 Å². The molecule has 0 unspecified atom stereocenters. The van der Waals surface area contributed by atoms with Crippen molar-refractivity contribution in [3.05, 3.63) is 48.0 Å². The molecular formula is C17H18N2O3. The maximum Gasteiger partial charge on any atom is 0.221 e. The Morgan fingerprint density at radius 3 is 2.68 bits per heavy atom. The van der Waals surface area contributed by atoms with Crippen molar-refractivity contribution < 1.29 is 14.3 Å². The van der Waals surface area contributed by atoms with Crippen molar-refractivity contribution in [2.45, 2.75) is 13.5 Å². The number of nitrogens with zero attached hydrogens (tertiary/aromatic N) is 1. The molecule has 0 saturated carbocycles. The zero-order valence-electron chi connectivity index (χ0n) is 12.6. The number of ether oxygens (including phenoxy) is 2. The molecule has 0 spiro atoms. The summed E-state index contributed by atoms with van der Waals surface area (Å²) in [4.78, 5) is 13.2. The predicted molar refractivity (Wildman–Crippen MR) is 85.4 cm³/mol. The topological polar surface area (TPSA) is 50.8 Å². The zero-order valence-corrected chi connectivity index (χ0v) is 12.6. The molecule has 1 aliphatic rings. The second-order valence-corrected chi connectivity index (χ2v) is 5.17. The van der Waals surface area contributed by atoms with Crippen molar-refractivity contribution >= 4 is 17.3 Å². The first-order valence-corrected chi connectivity index (χ1v) is 7.08. The maximum atomic E-state index is 11.0. The molecule has 1 heterocycles. The van der Waals surface area contributed by atoms with Crippen LogP contribution in [-0.2, 0) is 11.3 Å². The van der Waals surface area contributed by atoms with Crippen LogP contribution in [0.3, 0.4) is 0 Å². The van der Waals surface area contributed by atoms with Gasteiger partial charge in [0.1, 0.15) is 11.5 Å². The van der Waals surface area contributed by atoms with Gasteiger partial charge in [0.15, 0.2) is 6.73 Å². The summed E-state index contributed by atoms with van der Waals surface area (Å²) in [5, 5.41) is 2.76. The second kappa shape index (κ2) is 5.97. The molecule has 0 bridgehead atoms. The average molecular weight is 298 g/mol. The highest BCUT2D eigenvalue weighted by Crippen LogP contribution is 2.31. The van der Waals surface area contributed by atoms with E-state index in [-0.39, 0.29) is 5.91 Å². The minimum absolute atomic E-state index is 0.0740. The number of carbonyl (C=O) groups excluding carboxylic acids is 1. The lowest BCUT2D eigenvalue weighted by molar-refractivity contribution is -0.114. The van der Waals surface area contributed by atoms with Gasteiger partial charge in [-0.05, 0) is 42.5 Å². The van der Waals surface area contributed by atoms with Crippen LogP contribution in [0.15, 0.2) is 42.5 Å². The third-order valence-electron chi connectivity index (χ3n) is 3.56. The molecule has 5 nitrogen and oxygen atoms in total. The summed E-state index contributed by atoms with van der Waals surface area (Å²) in [6, 6.07) is 13.5. The van der Waals surface area contributed by atoms with Gasteiger partial charge in [0, 0.05) is 30.4 Å². The van der Waals surface area contributed by atoms with Gasteiger partial charge in [-0.25, -0.2) is 0 Å². The molecule has 3 rings (SSSR count). The van der Waals surface area contributed by atoms with Crippen LogP contribution >= 0.6 is 0 Å². The third kappa shape index (κ3) is 2.98. The number of hydrogen-bond donors (Lipinski definition) is 1. The Labute approximate surface area is 129 Å². The lowest BCUT2D eigenvalue weighted by Gasteiger charge is -2.31. The number of benzene rings is 2. The number of fused-ring (bicyclic) bond motifs is 1. The van der Waals surface area contributed by atoms with Gasteiger partial charge in [-0.2, -0.15) is 0 Å². The van der Waals surface area contributed by atoms with E-state index in [4.69, 9.17) is 9.47 Å². The second-order valence-electron chi connectivity index (χ2n) is 5.17. The molecule has 0 aliphatic carbocycles. The first-order valence-electron chi connectivity index (χ1n) is 7.08. The molecular weight excluding hydrogens is 280 g/mol. The predicted octanol–water partition coefficient (Wildman–Crippen LogP) is 3.01. The average Bonchev–Trinajstić information content (AvgIpc) is 2.54. The first-order chi connectivity index (χ1) is 10.7. The van der Waals surface area contributed by atoms with Crippen LogP contribution in [0.2, 0.25) is 0 Å². The van der Waals surface area contributed by atoms with Gasteiger partial charge in [-0.1, -0.05) is 0 Å². The fourth-order valence-electron chi connectivity index (χ4n) is 2.47. The Kier molecular flexibility index (Phi) is 3.87. The molecule has 0 aromatic heterocycles. The summed E-state index contributed by atoms with van der Waals surface area (Å²) >= 11 is 0. The third-order valence-corrected chi connectivity index (χ3v) is 3.56. The number of carbonyl (C=O) groups is 1. The van der Waals surface area contributed by atoms with Crippen LogP contribution in [0.5, 0.6) is 11.5 Å². The minimum Gasteiger partial charge on any atom is -0.497 e. The highest BCUT2D eigenvalue weighted by molar-refractivity contribution is 5.88. The van der Waals surface area contributed by atoms with Crippen molar-refractivity contribution in [2.75, 3.05) is 24.1 Å². The molecule has 5 heteroatoms. The van der Waals surface area contributed by atoms with Crippen molar-refractivity contribution in [3.63, 3.8) is 0 Å². The largest absolute Gasteiger partial charge is 0.497 e. The van der Waals surface area contributed by atoms with Gasteiger partial charge in [0.2, 0.25) is 5.91 Å². The SMILES string of the molecule is COc1ccc2c(c1)CN(c1ccc(NC(C)=O)cc1)CO2. The Morgan fingerprint density at radius 2 is 2.00 bits per heavy atom. The van der Waals surface area contributed by atoms with Crippen LogP contribution in [-0.4, -0.2) is 19.7 Å². The molecule has 2 aromatic rings. The van der Waals surface area contributed by atoms with Crippen LogP contribution in [0.1, 0.15) is 12.5 Å². The molecule has 2 aromatic carbocycles. The van der Waals surface area contributed by atoms with Gasteiger partial charge >= 0.3 is 0 Å². The lowest BCUT2D eigenvalue weighted by atomic mass is 10.1. The van der Waals surface area contributed by atoms with E-state index in [1.54, 1.807) is 7.11 Å².